The Morgan fingerprint density at radius 1 is 0.900 bits per heavy atom. The summed E-state index contributed by atoms with van der Waals surface area (Å²) in [5, 5.41) is 17.3. The van der Waals surface area contributed by atoms with Gasteiger partial charge < -0.3 is 5.11 Å². The quantitative estimate of drug-likeness (QED) is 0.704. The lowest BCUT2D eigenvalue weighted by Crippen LogP contribution is -1.77. The van der Waals surface area contributed by atoms with Gasteiger partial charge in [0.1, 0.15) is 5.75 Å². The van der Waals surface area contributed by atoms with E-state index < -0.39 is 0 Å². The Hall–Kier alpha value is -1.78. The molecule has 102 valence electrons. The molecule has 0 atom stereocenters. The zero-order chi connectivity index (χ0) is 13.2. The monoisotopic (exact) mass is 350 g/mol. The molecule has 0 saturated heterocycles. The third-order valence-corrected chi connectivity index (χ3v) is 3.15. The second-order valence-corrected chi connectivity index (χ2v) is 4.66. The van der Waals surface area contributed by atoms with Gasteiger partial charge in [0.05, 0.1) is 11.4 Å². The number of aromatic amines is 1. The Bertz CT molecular complexity index is 633. The number of hydrogen-bond acceptors (Lipinski definition) is 2. The molecule has 0 fully saturated rings. The van der Waals surface area contributed by atoms with Crippen molar-refractivity contribution in [3.63, 3.8) is 0 Å². The summed E-state index contributed by atoms with van der Waals surface area (Å²) in [4.78, 5) is 0. The molecule has 0 amide bonds. The van der Waals surface area contributed by atoms with Gasteiger partial charge in [-0.05, 0) is 48.0 Å². The average molecular weight is 352 g/mol. The molecule has 3 nitrogen and oxygen atoms in total. The van der Waals surface area contributed by atoms with Crippen LogP contribution in [0.5, 0.6) is 5.75 Å². The van der Waals surface area contributed by atoms with E-state index in [1.807, 2.05) is 42.5 Å². The average Bonchev–Trinajstić information content (AvgIpc) is 2.90. The number of phenols is 1. The number of aromatic hydroxyl groups is 1. The molecule has 1 aromatic heterocycles. The highest BCUT2D eigenvalue weighted by Gasteiger charge is 2.05. The molecule has 0 unspecified atom stereocenters. The zero-order valence-corrected chi connectivity index (χ0v) is 12.8. The lowest BCUT2D eigenvalue weighted by atomic mass is 10.1. The van der Waals surface area contributed by atoms with Crippen LogP contribution in [0.4, 0.5) is 0 Å². The minimum atomic E-state index is 0. The number of hydrogen-bond donors (Lipinski definition) is 2. The third-order valence-electron chi connectivity index (χ3n) is 2.90. The number of phenolic OH excluding ortho intramolecular Hbond substituents is 1. The van der Waals surface area contributed by atoms with E-state index in [2.05, 4.69) is 10.2 Å². The standard InChI is InChI=1S/C15H11ClN2O.BrH/c16-12-5-1-10(2-6-12)14-9-15(18-17-14)11-3-7-13(19)8-4-11;/h1-9,19H,(H,17,18);1H. The minimum absolute atomic E-state index is 0. The van der Waals surface area contributed by atoms with E-state index in [9.17, 15) is 5.11 Å². The van der Waals surface area contributed by atoms with Crippen LogP contribution in [0.2, 0.25) is 5.02 Å². The van der Waals surface area contributed by atoms with Gasteiger partial charge in [-0.15, -0.1) is 17.0 Å². The van der Waals surface area contributed by atoms with Crippen molar-refractivity contribution in [2.75, 3.05) is 0 Å². The van der Waals surface area contributed by atoms with Gasteiger partial charge in [-0.25, -0.2) is 0 Å². The number of H-pyrrole nitrogens is 1. The summed E-state index contributed by atoms with van der Waals surface area (Å²) in [6.07, 6.45) is 0. The summed E-state index contributed by atoms with van der Waals surface area (Å²) in [6, 6.07) is 16.5. The molecule has 1 heterocycles. The molecule has 2 aromatic carbocycles. The van der Waals surface area contributed by atoms with Crippen molar-refractivity contribution in [1.29, 1.82) is 0 Å². The Morgan fingerprint density at radius 3 is 2.15 bits per heavy atom. The predicted octanol–water partition coefficient (Wildman–Crippen LogP) is 4.68. The summed E-state index contributed by atoms with van der Waals surface area (Å²) in [5.41, 5.74) is 3.75. The maximum atomic E-state index is 9.27. The van der Waals surface area contributed by atoms with E-state index >= 15 is 0 Å². The van der Waals surface area contributed by atoms with Crippen LogP contribution in [0.15, 0.2) is 54.6 Å². The Labute approximate surface area is 132 Å². The third kappa shape index (κ3) is 3.03. The fourth-order valence-corrected chi connectivity index (χ4v) is 2.01. The summed E-state index contributed by atoms with van der Waals surface area (Å²) in [5.74, 6) is 0.251. The van der Waals surface area contributed by atoms with E-state index in [-0.39, 0.29) is 22.7 Å². The first kappa shape index (κ1) is 14.6. The molecule has 3 rings (SSSR count). The molecule has 0 aliphatic rings. The van der Waals surface area contributed by atoms with Crippen molar-refractivity contribution in [2.45, 2.75) is 0 Å². The maximum absolute atomic E-state index is 9.27. The molecule has 0 spiro atoms. The molecule has 0 radical (unpaired) electrons. The van der Waals surface area contributed by atoms with Crippen LogP contribution < -0.4 is 0 Å². The smallest absolute Gasteiger partial charge is 0.115 e. The van der Waals surface area contributed by atoms with Gasteiger partial charge in [-0.1, -0.05) is 23.7 Å². The molecule has 0 bridgehead atoms. The Morgan fingerprint density at radius 2 is 1.50 bits per heavy atom. The topological polar surface area (TPSA) is 48.9 Å². The van der Waals surface area contributed by atoms with E-state index in [0.717, 1.165) is 22.5 Å². The number of nitrogens with one attached hydrogen (secondary N) is 1. The van der Waals surface area contributed by atoms with Crippen LogP contribution in [0, 0.1) is 0 Å². The number of benzene rings is 2. The molecule has 0 saturated carbocycles. The second-order valence-electron chi connectivity index (χ2n) is 4.22. The maximum Gasteiger partial charge on any atom is 0.115 e. The van der Waals surface area contributed by atoms with E-state index in [1.165, 1.54) is 0 Å². The Balaban J connectivity index is 0.00000147. The minimum Gasteiger partial charge on any atom is -0.508 e. The van der Waals surface area contributed by atoms with Gasteiger partial charge >= 0.3 is 0 Å². The number of halogens is 2. The zero-order valence-electron chi connectivity index (χ0n) is 10.4. The fourth-order valence-electron chi connectivity index (χ4n) is 1.88. The van der Waals surface area contributed by atoms with Crippen LogP contribution in [0.1, 0.15) is 0 Å². The number of rotatable bonds is 2. The first-order valence-corrected chi connectivity index (χ1v) is 6.21. The van der Waals surface area contributed by atoms with Crippen LogP contribution >= 0.6 is 28.6 Å². The predicted molar refractivity (Wildman–Crippen MR) is 86.5 cm³/mol. The molecule has 2 N–H and O–H groups in total. The van der Waals surface area contributed by atoms with Crippen LogP contribution in [0.25, 0.3) is 22.5 Å². The number of aromatic nitrogens is 2. The molecular formula is C15H12BrClN2O. The van der Waals surface area contributed by atoms with E-state index in [0.29, 0.717) is 5.02 Å². The molecule has 5 heteroatoms. The highest BCUT2D eigenvalue weighted by Crippen LogP contribution is 2.25. The Kier molecular flexibility index (Phi) is 4.47. The van der Waals surface area contributed by atoms with E-state index in [4.69, 9.17) is 11.6 Å². The lowest BCUT2D eigenvalue weighted by Gasteiger charge is -1.97. The van der Waals surface area contributed by atoms with Gasteiger partial charge in [0, 0.05) is 10.6 Å². The largest absolute Gasteiger partial charge is 0.508 e. The first-order valence-electron chi connectivity index (χ1n) is 5.83. The van der Waals surface area contributed by atoms with Crippen molar-refractivity contribution in [1.82, 2.24) is 10.2 Å². The summed E-state index contributed by atoms with van der Waals surface area (Å²) >= 11 is 5.86. The van der Waals surface area contributed by atoms with Gasteiger partial charge in [-0.2, -0.15) is 5.10 Å². The molecule has 0 aliphatic heterocycles. The second kappa shape index (κ2) is 6.11. The molecule has 20 heavy (non-hydrogen) atoms. The normalized spacial score (nSPS) is 10.1. The molecular weight excluding hydrogens is 340 g/mol. The fraction of sp³-hybridized carbons (Fsp3) is 0. The molecule has 3 aromatic rings. The van der Waals surface area contributed by atoms with Crippen molar-refractivity contribution in [2.24, 2.45) is 0 Å². The van der Waals surface area contributed by atoms with Gasteiger partial charge in [0.2, 0.25) is 0 Å². The SMILES string of the molecule is Br.Oc1ccc(-c2cc(-c3ccc(Cl)cc3)n[nH]2)cc1. The van der Waals surface area contributed by atoms with Crippen LogP contribution in [0.3, 0.4) is 0 Å². The highest BCUT2D eigenvalue weighted by molar-refractivity contribution is 8.93. The molecule has 0 aliphatic carbocycles. The van der Waals surface area contributed by atoms with E-state index in [1.54, 1.807) is 12.1 Å². The van der Waals surface area contributed by atoms with Crippen LogP contribution in [-0.2, 0) is 0 Å². The summed E-state index contributed by atoms with van der Waals surface area (Å²) in [6.45, 7) is 0. The van der Waals surface area contributed by atoms with Gasteiger partial charge in [0.25, 0.3) is 0 Å². The van der Waals surface area contributed by atoms with Crippen molar-refractivity contribution in [3.05, 3.63) is 59.6 Å². The van der Waals surface area contributed by atoms with Gasteiger partial charge in [-0.3, -0.25) is 5.10 Å². The lowest BCUT2D eigenvalue weighted by molar-refractivity contribution is 0.475. The van der Waals surface area contributed by atoms with Crippen molar-refractivity contribution < 1.29 is 5.11 Å². The summed E-state index contributed by atoms with van der Waals surface area (Å²) in [7, 11) is 0. The van der Waals surface area contributed by atoms with Crippen molar-refractivity contribution >= 4 is 28.6 Å². The van der Waals surface area contributed by atoms with Crippen molar-refractivity contribution in [3.8, 4) is 28.3 Å². The number of nitrogens with zero attached hydrogens (tertiary/aromatic N) is 1. The van der Waals surface area contributed by atoms with Crippen LogP contribution in [-0.4, -0.2) is 15.3 Å². The highest BCUT2D eigenvalue weighted by atomic mass is 79.9. The first-order chi connectivity index (χ1) is 9.22. The van der Waals surface area contributed by atoms with Gasteiger partial charge in [0.15, 0.2) is 0 Å². The summed E-state index contributed by atoms with van der Waals surface area (Å²) < 4.78 is 0.